The van der Waals surface area contributed by atoms with Crippen LogP contribution in [0, 0.1) is 11.8 Å². The number of rotatable bonds is 8. The Morgan fingerprint density at radius 1 is 0.733 bits per heavy atom. The lowest BCUT2D eigenvalue weighted by Gasteiger charge is -2.10. The highest BCUT2D eigenvalue weighted by atomic mass is 16.3. The third kappa shape index (κ3) is 5.53. The van der Waals surface area contributed by atoms with Crippen molar-refractivity contribution in [3.05, 3.63) is 0 Å². The molecule has 0 aliphatic heterocycles. The first-order chi connectivity index (χ1) is 7.36. The first-order valence-corrected chi connectivity index (χ1v) is 6.58. The van der Waals surface area contributed by atoms with Crippen molar-refractivity contribution in [2.75, 3.05) is 13.2 Å². The van der Waals surface area contributed by atoms with Gasteiger partial charge in [0.05, 0.1) is 0 Å². The highest BCUT2D eigenvalue weighted by Crippen LogP contribution is 2.36. The molecule has 0 aromatic rings. The predicted molar refractivity (Wildman–Crippen MR) is 62.7 cm³/mol. The van der Waals surface area contributed by atoms with Gasteiger partial charge in [0, 0.05) is 13.2 Å². The minimum atomic E-state index is 0.354. The predicted octanol–water partition coefficient (Wildman–Crippen LogP) is 2.73. The van der Waals surface area contributed by atoms with Crippen LogP contribution in [0.3, 0.4) is 0 Å². The van der Waals surface area contributed by atoms with Crippen LogP contribution in [-0.4, -0.2) is 23.4 Å². The van der Waals surface area contributed by atoms with Crippen LogP contribution in [0.25, 0.3) is 0 Å². The molecule has 90 valence electrons. The maximum atomic E-state index is 8.71. The summed E-state index contributed by atoms with van der Waals surface area (Å²) < 4.78 is 0. The van der Waals surface area contributed by atoms with E-state index < -0.39 is 0 Å². The summed E-state index contributed by atoms with van der Waals surface area (Å²) in [6, 6.07) is 0. The topological polar surface area (TPSA) is 40.5 Å². The van der Waals surface area contributed by atoms with Gasteiger partial charge in [0.2, 0.25) is 0 Å². The van der Waals surface area contributed by atoms with Gasteiger partial charge < -0.3 is 10.2 Å². The third-order valence-electron chi connectivity index (χ3n) is 3.69. The first kappa shape index (κ1) is 13.0. The Bertz CT molecular complexity index is 131. The van der Waals surface area contributed by atoms with Gasteiger partial charge in [-0.1, -0.05) is 38.5 Å². The molecule has 1 fully saturated rings. The largest absolute Gasteiger partial charge is 0.396 e. The monoisotopic (exact) mass is 214 g/mol. The summed E-state index contributed by atoms with van der Waals surface area (Å²) in [7, 11) is 0. The van der Waals surface area contributed by atoms with Crippen LogP contribution < -0.4 is 0 Å². The lowest BCUT2D eigenvalue weighted by molar-refractivity contribution is 0.274. The Balaban J connectivity index is 1.99. The van der Waals surface area contributed by atoms with E-state index in [4.69, 9.17) is 10.2 Å². The Morgan fingerprint density at radius 3 is 1.60 bits per heavy atom. The van der Waals surface area contributed by atoms with Gasteiger partial charge in [0.1, 0.15) is 0 Å². The van der Waals surface area contributed by atoms with Gasteiger partial charge in [-0.2, -0.15) is 0 Å². The van der Waals surface area contributed by atoms with Crippen molar-refractivity contribution in [1.29, 1.82) is 0 Å². The van der Waals surface area contributed by atoms with Crippen molar-refractivity contribution in [3.8, 4) is 0 Å². The molecule has 1 saturated carbocycles. The van der Waals surface area contributed by atoms with E-state index in [2.05, 4.69) is 0 Å². The van der Waals surface area contributed by atoms with E-state index in [0.717, 1.165) is 24.7 Å². The fourth-order valence-corrected chi connectivity index (χ4v) is 2.79. The Kier molecular flexibility index (Phi) is 7.03. The van der Waals surface area contributed by atoms with Gasteiger partial charge in [-0.3, -0.25) is 0 Å². The fourth-order valence-electron chi connectivity index (χ4n) is 2.79. The molecule has 1 aliphatic carbocycles. The molecule has 2 nitrogen and oxygen atoms in total. The lowest BCUT2D eigenvalue weighted by Crippen LogP contribution is -1.98. The van der Waals surface area contributed by atoms with Crippen molar-refractivity contribution in [2.24, 2.45) is 11.8 Å². The first-order valence-electron chi connectivity index (χ1n) is 6.58. The molecule has 0 aromatic carbocycles. The molecule has 0 radical (unpaired) electrons. The molecule has 0 bridgehead atoms. The maximum Gasteiger partial charge on any atom is 0.0431 e. The van der Waals surface area contributed by atoms with Crippen LogP contribution in [0.15, 0.2) is 0 Å². The number of aliphatic hydroxyl groups excluding tert-OH is 2. The Labute approximate surface area is 93.7 Å². The summed E-state index contributed by atoms with van der Waals surface area (Å²) >= 11 is 0. The fraction of sp³-hybridized carbons (Fsp3) is 1.00. The number of aliphatic hydroxyl groups is 2. The van der Waals surface area contributed by atoms with Crippen molar-refractivity contribution >= 4 is 0 Å². The molecular weight excluding hydrogens is 188 g/mol. The van der Waals surface area contributed by atoms with Gasteiger partial charge in [-0.15, -0.1) is 0 Å². The molecule has 0 aromatic heterocycles. The molecule has 1 aliphatic rings. The maximum absolute atomic E-state index is 8.71. The molecular formula is C13H26O2. The zero-order chi connectivity index (χ0) is 10.9. The molecule has 0 saturated heterocycles. The summed E-state index contributed by atoms with van der Waals surface area (Å²) in [4.78, 5) is 0. The zero-order valence-corrected chi connectivity index (χ0v) is 9.83. The van der Waals surface area contributed by atoms with Crippen LogP contribution in [0.5, 0.6) is 0 Å². The second kappa shape index (κ2) is 8.12. The van der Waals surface area contributed by atoms with Gasteiger partial charge >= 0.3 is 0 Å². The molecule has 0 amide bonds. The van der Waals surface area contributed by atoms with E-state index >= 15 is 0 Å². The molecule has 0 spiro atoms. The highest BCUT2D eigenvalue weighted by molar-refractivity contribution is 4.75. The molecule has 0 heterocycles. The van der Waals surface area contributed by atoms with Gasteiger partial charge in [0.25, 0.3) is 0 Å². The van der Waals surface area contributed by atoms with Crippen molar-refractivity contribution in [2.45, 2.75) is 57.8 Å². The van der Waals surface area contributed by atoms with Gasteiger partial charge in [-0.25, -0.2) is 0 Å². The molecule has 15 heavy (non-hydrogen) atoms. The second-order valence-corrected chi connectivity index (χ2v) is 4.98. The van der Waals surface area contributed by atoms with E-state index in [-0.39, 0.29) is 0 Å². The van der Waals surface area contributed by atoms with E-state index in [9.17, 15) is 0 Å². The van der Waals surface area contributed by atoms with Crippen molar-refractivity contribution in [3.63, 3.8) is 0 Å². The van der Waals surface area contributed by atoms with E-state index in [1.165, 1.54) is 44.9 Å². The number of hydrogen-bond acceptors (Lipinski definition) is 2. The quantitative estimate of drug-likeness (QED) is 0.610. The van der Waals surface area contributed by atoms with Gasteiger partial charge in [0.15, 0.2) is 0 Å². The molecule has 1 rings (SSSR count). The van der Waals surface area contributed by atoms with E-state index in [1.54, 1.807) is 0 Å². The highest BCUT2D eigenvalue weighted by Gasteiger charge is 2.23. The van der Waals surface area contributed by atoms with Crippen LogP contribution in [-0.2, 0) is 0 Å². The average Bonchev–Trinajstić information content (AvgIpc) is 2.67. The van der Waals surface area contributed by atoms with Crippen LogP contribution in [0.1, 0.15) is 57.8 Å². The smallest absolute Gasteiger partial charge is 0.0431 e. The van der Waals surface area contributed by atoms with Crippen molar-refractivity contribution < 1.29 is 10.2 Å². The lowest BCUT2D eigenvalue weighted by atomic mass is 9.96. The standard InChI is InChI=1S/C13H26O2/c14-9-3-1-5-12-7-8-13(11-12)6-2-4-10-15/h12-15H,1-11H2. The van der Waals surface area contributed by atoms with E-state index in [1.807, 2.05) is 0 Å². The minimum absolute atomic E-state index is 0.354. The van der Waals surface area contributed by atoms with Crippen LogP contribution in [0.4, 0.5) is 0 Å². The molecule has 2 unspecified atom stereocenters. The summed E-state index contributed by atoms with van der Waals surface area (Å²) in [6.45, 7) is 0.708. The summed E-state index contributed by atoms with van der Waals surface area (Å²) in [5.41, 5.74) is 0. The molecule has 2 heteroatoms. The minimum Gasteiger partial charge on any atom is -0.396 e. The zero-order valence-electron chi connectivity index (χ0n) is 9.83. The Morgan fingerprint density at radius 2 is 1.20 bits per heavy atom. The molecule has 2 N–H and O–H groups in total. The molecule has 2 atom stereocenters. The Hall–Kier alpha value is -0.0800. The summed E-state index contributed by atoms with van der Waals surface area (Å²) in [5.74, 6) is 1.85. The number of unbranched alkanes of at least 4 members (excludes halogenated alkanes) is 2. The van der Waals surface area contributed by atoms with Crippen molar-refractivity contribution in [1.82, 2.24) is 0 Å². The normalized spacial score (nSPS) is 26.0. The number of hydrogen-bond donors (Lipinski definition) is 2. The van der Waals surface area contributed by atoms with E-state index in [0.29, 0.717) is 13.2 Å². The summed E-state index contributed by atoms with van der Waals surface area (Å²) in [6.07, 6.45) is 11.2. The average molecular weight is 214 g/mol. The van der Waals surface area contributed by atoms with Crippen LogP contribution in [0.2, 0.25) is 0 Å². The van der Waals surface area contributed by atoms with Crippen LogP contribution >= 0.6 is 0 Å². The SMILES string of the molecule is OCCCCC1CCC(CCCCO)C1. The summed E-state index contributed by atoms with van der Waals surface area (Å²) in [5, 5.41) is 17.4. The van der Waals surface area contributed by atoms with Gasteiger partial charge in [-0.05, 0) is 31.1 Å². The second-order valence-electron chi connectivity index (χ2n) is 4.98. The third-order valence-corrected chi connectivity index (χ3v) is 3.69.